The third kappa shape index (κ3) is 2.68. The maximum absolute atomic E-state index is 10.5. The van der Waals surface area contributed by atoms with E-state index in [0.717, 1.165) is 25.9 Å². The summed E-state index contributed by atoms with van der Waals surface area (Å²) in [6.45, 7) is 2.37. The van der Waals surface area contributed by atoms with Crippen LogP contribution >= 0.6 is 0 Å². The van der Waals surface area contributed by atoms with Crippen molar-refractivity contribution in [2.75, 3.05) is 24.5 Å². The molecule has 0 radical (unpaired) electrons. The van der Waals surface area contributed by atoms with Crippen LogP contribution in [0.25, 0.3) is 0 Å². The number of anilines is 1. The molecule has 1 aromatic heterocycles. The predicted molar refractivity (Wildman–Crippen MR) is 62.7 cm³/mol. The Morgan fingerprint density at radius 3 is 2.82 bits per heavy atom. The molecule has 0 bridgehead atoms. The fourth-order valence-corrected chi connectivity index (χ4v) is 2.01. The van der Waals surface area contributed by atoms with Crippen LogP contribution in [0.1, 0.15) is 12.8 Å². The van der Waals surface area contributed by atoms with Gasteiger partial charge in [0.25, 0.3) is 0 Å². The summed E-state index contributed by atoms with van der Waals surface area (Å²) < 4.78 is 0. The highest BCUT2D eigenvalue weighted by Gasteiger charge is 2.21. The second kappa shape index (κ2) is 5.05. The van der Waals surface area contributed by atoms with E-state index < -0.39 is 4.92 Å². The Kier molecular flexibility index (Phi) is 3.48. The van der Waals surface area contributed by atoms with Crippen LogP contribution in [0.3, 0.4) is 0 Å². The molecule has 2 heterocycles. The van der Waals surface area contributed by atoms with E-state index in [1.54, 1.807) is 0 Å². The van der Waals surface area contributed by atoms with Crippen LogP contribution in [0.2, 0.25) is 0 Å². The summed E-state index contributed by atoms with van der Waals surface area (Å²) in [7, 11) is 0. The first-order valence-electron chi connectivity index (χ1n) is 5.62. The number of nitro groups is 1. The van der Waals surface area contributed by atoms with Crippen molar-refractivity contribution < 1.29 is 4.92 Å². The van der Waals surface area contributed by atoms with Crippen molar-refractivity contribution in [3.63, 3.8) is 0 Å². The van der Waals surface area contributed by atoms with Gasteiger partial charge in [0.1, 0.15) is 12.4 Å². The number of nitrogens with zero attached hydrogens (tertiary/aromatic N) is 4. The molecule has 0 aromatic carbocycles. The molecule has 1 aliphatic rings. The third-order valence-electron chi connectivity index (χ3n) is 2.97. The molecule has 0 amide bonds. The molecule has 92 valence electrons. The Balaban J connectivity index is 2.08. The highest BCUT2D eigenvalue weighted by molar-refractivity contribution is 5.34. The zero-order valence-corrected chi connectivity index (χ0v) is 9.45. The zero-order chi connectivity index (χ0) is 12.3. The summed E-state index contributed by atoms with van der Waals surface area (Å²) in [5.74, 6) is 1.01. The van der Waals surface area contributed by atoms with Gasteiger partial charge in [-0.3, -0.25) is 10.1 Å². The molecule has 2 rings (SSSR count). The van der Waals surface area contributed by atoms with Crippen LogP contribution in [0, 0.1) is 16.0 Å². The quantitative estimate of drug-likeness (QED) is 0.609. The minimum Gasteiger partial charge on any atom is -0.340 e. The normalized spacial score (nSPS) is 20.3. The number of piperidine rings is 1. The number of hydrogen-bond donors (Lipinski definition) is 1. The lowest BCUT2D eigenvalue weighted by atomic mass is 9.99. The zero-order valence-electron chi connectivity index (χ0n) is 9.45. The van der Waals surface area contributed by atoms with Crippen LogP contribution in [0.4, 0.5) is 11.6 Å². The monoisotopic (exact) mass is 237 g/mol. The number of hydrogen-bond acceptors (Lipinski definition) is 6. The third-order valence-corrected chi connectivity index (χ3v) is 2.97. The Morgan fingerprint density at radius 2 is 2.24 bits per heavy atom. The topological polar surface area (TPSA) is 98.2 Å². The Hall–Kier alpha value is -1.76. The number of aromatic nitrogens is 2. The van der Waals surface area contributed by atoms with Crippen molar-refractivity contribution in [3.05, 3.63) is 22.5 Å². The fraction of sp³-hybridized carbons (Fsp3) is 0.600. The van der Waals surface area contributed by atoms with E-state index in [4.69, 9.17) is 5.73 Å². The van der Waals surface area contributed by atoms with Crippen LogP contribution in [-0.4, -0.2) is 34.5 Å². The maximum atomic E-state index is 10.5. The van der Waals surface area contributed by atoms with Crippen molar-refractivity contribution in [2.24, 2.45) is 11.7 Å². The van der Waals surface area contributed by atoms with Gasteiger partial charge in [-0.15, -0.1) is 0 Å². The second-order valence-electron chi connectivity index (χ2n) is 4.19. The van der Waals surface area contributed by atoms with E-state index in [0.29, 0.717) is 18.4 Å². The van der Waals surface area contributed by atoms with E-state index >= 15 is 0 Å². The first-order valence-corrected chi connectivity index (χ1v) is 5.62. The summed E-state index contributed by atoms with van der Waals surface area (Å²) in [6, 6.07) is 0. The SMILES string of the molecule is NCC1CCCN(c2ncc([N+](=O)[O-])cn2)C1. The van der Waals surface area contributed by atoms with Gasteiger partial charge in [0, 0.05) is 13.1 Å². The first-order chi connectivity index (χ1) is 8.20. The predicted octanol–water partition coefficient (Wildman–Crippen LogP) is 0.560. The van der Waals surface area contributed by atoms with Gasteiger partial charge in [0.15, 0.2) is 0 Å². The van der Waals surface area contributed by atoms with Crippen LogP contribution in [-0.2, 0) is 0 Å². The van der Waals surface area contributed by atoms with Gasteiger partial charge in [-0.2, -0.15) is 0 Å². The molecule has 7 nitrogen and oxygen atoms in total. The molecule has 1 atom stereocenters. The van der Waals surface area contributed by atoms with E-state index in [9.17, 15) is 10.1 Å². The lowest BCUT2D eigenvalue weighted by Gasteiger charge is -2.31. The van der Waals surface area contributed by atoms with Crippen LogP contribution in [0.5, 0.6) is 0 Å². The molecule has 0 aliphatic carbocycles. The molecule has 0 spiro atoms. The largest absolute Gasteiger partial charge is 0.340 e. The second-order valence-corrected chi connectivity index (χ2v) is 4.19. The van der Waals surface area contributed by atoms with Gasteiger partial charge >= 0.3 is 5.69 Å². The van der Waals surface area contributed by atoms with Gasteiger partial charge in [-0.1, -0.05) is 0 Å². The van der Waals surface area contributed by atoms with Crippen LogP contribution in [0.15, 0.2) is 12.4 Å². The summed E-state index contributed by atoms with van der Waals surface area (Å²) in [6.07, 6.45) is 4.67. The molecule has 2 N–H and O–H groups in total. The minimum atomic E-state index is -0.497. The lowest BCUT2D eigenvalue weighted by molar-refractivity contribution is -0.385. The van der Waals surface area contributed by atoms with Gasteiger partial charge in [0.05, 0.1) is 4.92 Å². The summed E-state index contributed by atoms with van der Waals surface area (Å²) >= 11 is 0. The number of rotatable bonds is 3. The van der Waals surface area contributed by atoms with E-state index in [2.05, 4.69) is 9.97 Å². The van der Waals surface area contributed by atoms with E-state index in [-0.39, 0.29) is 5.69 Å². The molecule has 1 fully saturated rings. The molecule has 1 unspecified atom stereocenters. The Bertz CT molecular complexity index is 394. The van der Waals surface area contributed by atoms with Gasteiger partial charge in [-0.05, 0) is 25.3 Å². The molecule has 7 heteroatoms. The molecule has 1 aliphatic heterocycles. The lowest BCUT2D eigenvalue weighted by Crippen LogP contribution is -2.39. The molecule has 1 aromatic rings. The van der Waals surface area contributed by atoms with E-state index in [1.807, 2.05) is 4.90 Å². The van der Waals surface area contributed by atoms with Crippen molar-refractivity contribution in [1.82, 2.24) is 9.97 Å². The molecular weight excluding hydrogens is 222 g/mol. The van der Waals surface area contributed by atoms with Gasteiger partial charge in [0.2, 0.25) is 5.95 Å². The minimum absolute atomic E-state index is 0.0823. The van der Waals surface area contributed by atoms with Crippen LogP contribution < -0.4 is 10.6 Å². The first kappa shape index (κ1) is 11.7. The molecule has 0 saturated carbocycles. The van der Waals surface area contributed by atoms with Gasteiger partial charge in [-0.25, -0.2) is 9.97 Å². The number of nitrogens with two attached hydrogens (primary N) is 1. The summed E-state index contributed by atoms with van der Waals surface area (Å²) in [5, 5.41) is 10.5. The molecule has 1 saturated heterocycles. The smallest absolute Gasteiger partial charge is 0.305 e. The summed E-state index contributed by atoms with van der Waals surface area (Å²) in [4.78, 5) is 20.1. The molecular formula is C10H15N5O2. The average molecular weight is 237 g/mol. The fourth-order valence-electron chi connectivity index (χ4n) is 2.01. The standard InChI is InChI=1S/C10H15N5O2/c11-4-8-2-1-3-14(7-8)10-12-5-9(6-13-10)15(16)17/h5-6,8H,1-4,7,11H2. The summed E-state index contributed by atoms with van der Waals surface area (Å²) in [5.41, 5.74) is 5.57. The average Bonchev–Trinajstić information content (AvgIpc) is 2.39. The molecule has 17 heavy (non-hydrogen) atoms. The van der Waals surface area contributed by atoms with E-state index in [1.165, 1.54) is 12.4 Å². The highest BCUT2D eigenvalue weighted by Crippen LogP contribution is 2.20. The maximum Gasteiger partial charge on any atom is 0.305 e. The van der Waals surface area contributed by atoms with Crippen molar-refractivity contribution >= 4 is 11.6 Å². The van der Waals surface area contributed by atoms with Crippen molar-refractivity contribution in [1.29, 1.82) is 0 Å². The van der Waals surface area contributed by atoms with Crippen molar-refractivity contribution in [3.8, 4) is 0 Å². The van der Waals surface area contributed by atoms with Crippen molar-refractivity contribution in [2.45, 2.75) is 12.8 Å². The highest BCUT2D eigenvalue weighted by atomic mass is 16.6. The Morgan fingerprint density at radius 1 is 1.53 bits per heavy atom. The Labute approximate surface area is 98.8 Å². The van der Waals surface area contributed by atoms with Gasteiger partial charge < -0.3 is 10.6 Å².